The van der Waals surface area contributed by atoms with Gasteiger partial charge >= 0.3 is 0 Å². The van der Waals surface area contributed by atoms with Gasteiger partial charge in [0.25, 0.3) is 5.91 Å². The molecule has 5 rings (SSSR count). The van der Waals surface area contributed by atoms with Crippen LogP contribution in [0.5, 0.6) is 0 Å². The maximum absolute atomic E-state index is 13.5. The summed E-state index contributed by atoms with van der Waals surface area (Å²) in [5, 5.41) is 22.0. The monoisotopic (exact) mass is 563 g/mol. The van der Waals surface area contributed by atoms with Gasteiger partial charge in [0.05, 0.1) is 6.54 Å². The van der Waals surface area contributed by atoms with Crippen LogP contribution in [0.4, 0.5) is 5.69 Å². The number of anilines is 1. The van der Waals surface area contributed by atoms with Gasteiger partial charge in [0.2, 0.25) is 15.8 Å². The highest BCUT2D eigenvalue weighted by molar-refractivity contribution is 7.91. The highest BCUT2D eigenvalue weighted by Gasteiger charge is 2.54. The van der Waals surface area contributed by atoms with Crippen molar-refractivity contribution in [2.24, 2.45) is 0 Å². The quantitative estimate of drug-likeness (QED) is 0.321. The van der Waals surface area contributed by atoms with Crippen LogP contribution in [-0.4, -0.2) is 88.2 Å². The highest BCUT2D eigenvalue weighted by Crippen LogP contribution is 2.34. The van der Waals surface area contributed by atoms with Crippen molar-refractivity contribution in [3.05, 3.63) is 60.2 Å². The Hall–Kier alpha value is -3.10. The molecule has 0 aliphatic carbocycles. The topological polar surface area (TPSA) is 143 Å². The van der Waals surface area contributed by atoms with E-state index in [1.54, 1.807) is 10.3 Å². The lowest BCUT2D eigenvalue weighted by atomic mass is 9.98. The van der Waals surface area contributed by atoms with Crippen LogP contribution < -0.4 is 10.4 Å². The number of ether oxygens (including phenoxy) is 1. The van der Waals surface area contributed by atoms with E-state index in [0.717, 1.165) is 16.8 Å². The van der Waals surface area contributed by atoms with Crippen molar-refractivity contribution in [1.82, 2.24) is 30.0 Å². The van der Waals surface area contributed by atoms with Crippen molar-refractivity contribution < 1.29 is 23.2 Å². The second-order valence-corrected chi connectivity index (χ2v) is 11.4. The fourth-order valence-corrected chi connectivity index (χ4v) is 6.93. The first-order chi connectivity index (χ1) is 17.9. The Kier molecular flexibility index (Phi) is 8.63. The van der Waals surface area contributed by atoms with Gasteiger partial charge in [0.15, 0.2) is 4.75 Å². The smallest absolute Gasteiger partial charge is 0.266 e. The molecule has 1 amide bonds. The first-order valence-corrected chi connectivity index (χ1v) is 13.6. The van der Waals surface area contributed by atoms with Crippen LogP contribution >= 0.6 is 12.4 Å². The minimum atomic E-state index is -4.00. The zero-order chi connectivity index (χ0) is 25.9. The van der Waals surface area contributed by atoms with E-state index in [1.807, 2.05) is 54.6 Å². The Morgan fingerprint density at radius 2 is 1.66 bits per heavy atom. The molecule has 2 aromatic carbocycles. The Morgan fingerprint density at radius 3 is 2.29 bits per heavy atom. The average Bonchev–Trinajstić information content (AvgIpc) is 3.42. The van der Waals surface area contributed by atoms with Crippen molar-refractivity contribution in [1.29, 1.82) is 0 Å². The van der Waals surface area contributed by atoms with Gasteiger partial charge in [-0.25, -0.2) is 13.9 Å². The summed E-state index contributed by atoms with van der Waals surface area (Å²) in [4.78, 5) is 16.1. The number of rotatable bonds is 7. The van der Waals surface area contributed by atoms with E-state index in [4.69, 9.17) is 4.74 Å². The minimum absolute atomic E-state index is 0. The standard InChI is InChI=1S/C24H29N7O5S.ClH/c32-23(27-33)24(10-16-36-17-11-24)37(34,35)30-14-12-29(13-15-30)21-8-6-20(7-9-21)22-25-28-31(26-22)18-19-4-2-1-3-5-19;/h1-9,33H,10-18H2,(H,27,32);1H. The number of nitrogens with zero attached hydrogens (tertiary/aromatic N) is 6. The van der Waals surface area contributed by atoms with Gasteiger partial charge < -0.3 is 9.64 Å². The molecule has 0 unspecified atom stereocenters. The Bertz CT molecular complexity index is 1320. The number of sulfonamides is 1. The van der Waals surface area contributed by atoms with Gasteiger partial charge in [0, 0.05) is 63.5 Å². The fourth-order valence-electron chi connectivity index (χ4n) is 4.83. The zero-order valence-electron chi connectivity index (χ0n) is 20.6. The molecule has 0 bridgehead atoms. The molecule has 14 heteroatoms. The largest absolute Gasteiger partial charge is 0.381 e. The van der Waals surface area contributed by atoms with Crippen molar-refractivity contribution in [2.75, 3.05) is 44.3 Å². The van der Waals surface area contributed by atoms with Crippen LogP contribution in [0.3, 0.4) is 0 Å². The number of hydrogen-bond donors (Lipinski definition) is 2. The van der Waals surface area contributed by atoms with E-state index in [9.17, 15) is 18.4 Å². The predicted molar refractivity (Wildman–Crippen MR) is 141 cm³/mol. The maximum atomic E-state index is 13.5. The molecule has 2 N–H and O–H groups in total. The van der Waals surface area contributed by atoms with Gasteiger partial charge in [-0.15, -0.1) is 22.6 Å². The van der Waals surface area contributed by atoms with Crippen molar-refractivity contribution in [2.45, 2.75) is 24.1 Å². The number of aromatic nitrogens is 4. The molecule has 1 aromatic heterocycles. The number of benzene rings is 2. The first-order valence-electron chi connectivity index (χ1n) is 12.1. The molecular weight excluding hydrogens is 534 g/mol. The summed E-state index contributed by atoms with van der Waals surface area (Å²) in [6, 6.07) is 17.7. The average molecular weight is 564 g/mol. The molecule has 0 saturated carbocycles. The van der Waals surface area contributed by atoms with Gasteiger partial charge in [-0.2, -0.15) is 9.10 Å². The first kappa shape index (κ1) is 27.9. The highest BCUT2D eigenvalue weighted by atomic mass is 35.5. The summed E-state index contributed by atoms with van der Waals surface area (Å²) in [7, 11) is -4.00. The molecule has 38 heavy (non-hydrogen) atoms. The Balaban J connectivity index is 0.00000336. The van der Waals surface area contributed by atoms with Crippen LogP contribution in [0.1, 0.15) is 18.4 Å². The molecule has 0 atom stereocenters. The molecule has 2 aliphatic heterocycles. The molecule has 0 spiro atoms. The lowest BCUT2D eigenvalue weighted by Crippen LogP contribution is -2.62. The van der Waals surface area contributed by atoms with Crippen molar-refractivity contribution >= 4 is 34.0 Å². The van der Waals surface area contributed by atoms with E-state index in [0.29, 0.717) is 25.5 Å². The third-order valence-electron chi connectivity index (χ3n) is 7.00. The Labute approximate surface area is 227 Å². The summed E-state index contributed by atoms with van der Waals surface area (Å²) < 4.78 is 31.9. The van der Waals surface area contributed by atoms with Crippen LogP contribution in [0.2, 0.25) is 0 Å². The maximum Gasteiger partial charge on any atom is 0.266 e. The summed E-state index contributed by atoms with van der Waals surface area (Å²) >= 11 is 0. The summed E-state index contributed by atoms with van der Waals surface area (Å²) in [5.41, 5.74) is 4.43. The third kappa shape index (κ3) is 5.38. The van der Waals surface area contributed by atoms with Gasteiger partial charge in [0.1, 0.15) is 0 Å². The molecule has 0 radical (unpaired) electrons. The lowest BCUT2D eigenvalue weighted by molar-refractivity contribution is -0.134. The summed E-state index contributed by atoms with van der Waals surface area (Å²) in [6.45, 7) is 2.24. The number of nitrogens with one attached hydrogen (secondary N) is 1. The van der Waals surface area contributed by atoms with Crippen molar-refractivity contribution in [3.63, 3.8) is 0 Å². The molecule has 2 aliphatic rings. The van der Waals surface area contributed by atoms with Crippen LogP contribution in [0.25, 0.3) is 11.4 Å². The van der Waals surface area contributed by atoms with E-state index < -0.39 is 20.7 Å². The van der Waals surface area contributed by atoms with E-state index in [2.05, 4.69) is 20.3 Å². The normalized spacial score (nSPS) is 18.0. The summed E-state index contributed by atoms with van der Waals surface area (Å²) in [6.07, 6.45) is 0.0147. The number of hydrogen-bond acceptors (Lipinski definition) is 9. The number of tetrazole rings is 1. The number of piperazine rings is 1. The Morgan fingerprint density at radius 1 is 1.00 bits per heavy atom. The van der Waals surface area contributed by atoms with Gasteiger partial charge in [-0.1, -0.05) is 30.3 Å². The van der Waals surface area contributed by atoms with Crippen LogP contribution in [0.15, 0.2) is 54.6 Å². The molecular formula is C24H30ClN7O5S. The second kappa shape index (κ2) is 11.7. The number of hydroxylamine groups is 1. The van der Waals surface area contributed by atoms with E-state index in [-0.39, 0.29) is 51.6 Å². The predicted octanol–water partition coefficient (Wildman–Crippen LogP) is 1.32. The lowest BCUT2D eigenvalue weighted by Gasteiger charge is -2.42. The third-order valence-corrected chi connectivity index (χ3v) is 9.62. The molecule has 3 heterocycles. The SMILES string of the molecule is Cl.O=C(NO)C1(S(=O)(=O)N2CCN(c3ccc(-c4nnn(Cc5ccccc5)n4)cc3)CC2)CCOCC1. The van der Waals surface area contributed by atoms with E-state index >= 15 is 0 Å². The number of halogens is 1. The molecule has 204 valence electrons. The number of carbonyl (C=O) groups excluding carboxylic acids is 1. The summed E-state index contributed by atoms with van der Waals surface area (Å²) in [5.74, 6) is -0.370. The second-order valence-electron chi connectivity index (χ2n) is 9.11. The molecule has 2 saturated heterocycles. The fraction of sp³-hybridized carbons (Fsp3) is 0.417. The van der Waals surface area contributed by atoms with Crippen LogP contribution in [-0.2, 0) is 26.1 Å². The molecule has 3 aromatic rings. The van der Waals surface area contributed by atoms with Gasteiger partial charge in [-0.3, -0.25) is 10.0 Å². The van der Waals surface area contributed by atoms with Crippen molar-refractivity contribution in [3.8, 4) is 11.4 Å². The molecule has 12 nitrogen and oxygen atoms in total. The molecule has 2 fully saturated rings. The number of amides is 1. The zero-order valence-corrected chi connectivity index (χ0v) is 22.3. The van der Waals surface area contributed by atoms with Gasteiger partial charge in [-0.05, 0) is 35.0 Å². The number of carbonyl (C=O) groups is 1. The van der Waals surface area contributed by atoms with Crippen LogP contribution in [0, 0.1) is 0 Å². The minimum Gasteiger partial charge on any atom is -0.381 e. The van der Waals surface area contributed by atoms with E-state index in [1.165, 1.54) is 4.31 Å².